The number of amides is 1. The van der Waals surface area contributed by atoms with Gasteiger partial charge in [0.15, 0.2) is 0 Å². The van der Waals surface area contributed by atoms with E-state index in [1.165, 1.54) is 5.56 Å². The maximum Gasteiger partial charge on any atom is 0.273 e. The van der Waals surface area contributed by atoms with Crippen molar-refractivity contribution in [1.29, 1.82) is 0 Å². The number of ether oxygens (including phenoxy) is 1. The lowest BCUT2D eigenvalue weighted by molar-refractivity contribution is 0.0955. The van der Waals surface area contributed by atoms with Crippen LogP contribution in [0.2, 0.25) is 0 Å². The van der Waals surface area contributed by atoms with Crippen LogP contribution in [0.3, 0.4) is 0 Å². The summed E-state index contributed by atoms with van der Waals surface area (Å²) in [4.78, 5) is 12.6. The van der Waals surface area contributed by atoms with Crippen molar-refractivity contribution >= 4 is 12.1 Å². The number of carbonyl (C=O) groups is 1. The molecule has 31 heavy (non-hydrogen) atoms. The summed E-state index contributed by atoms with van der Waals surface area (Å²) in [5, 5.41) is 4.10. The highest BCUT2D eigenvalue weighted by atomic mass is 16.5. The first-order valence-electron chi connectivity index (χ1n) is 10.0. The first-order valence-corrected chi connectivity index (χ1v) is 10.0. The minimum Gasteiger partial charge on any atom is -0.489 e. The van der Waals surface area contributed by atoms with Crippen LogP contribution in [0.4, 0.5) is 0 Å². The van der Waals surface area contributed by atoms with Crippen LogP contribution in [0.15, 0.2) is 102 Å². The molecule has 0 atom stereocenters. The number of para-hydroxylation sites is 1. The fourth-order valence-electron chi connectivity index (χ4n) is 3.11. The molecule has 5 nitrogen and oxygen atoms in total. The van der Waals surface area contributed by atoms with Crippen LogP contribution in [0.25, 0.3) is 5.69 Å². The molecule has 0 unspecified atom stereocenters. The number of aromatic nitrogens is 1. The maximum atomic E-state index is 12.6. The molecule has 3 aromatic carbocycles. The summed E-state index contributed by atoms with van der Waals surface area (Å²) in [6, 6.07) is 27.1. The van der Waals surface area contributed by atoms with Gasteiger partial charge < -0.3 is 9.30 Å². The van der Waals surface area contributed by atoms with Gasteiger partial charge >= 0.3 is 0 Å². The second-order valence-corrected chi connectivity index (χ2v) is 7.15. The molecule has 1 N–H and O–H groups in total. The van der Waals surface area contributed by atoms with Crippen molar-refractivity contribution in [3.05, 3.63) is 120 Å². The van der Waals surface area contributed by atoms with Crippen LogP contribution in [0.5, 0.6) is 5.75 Å². The number of nitrogens with one attached hydrogen (secondary N) is 1. The van der Waals surface area contributed by atoms with E-state index >= 15 is 0 Å². The van der Waals surface area contributed by atoms with E-state index in [0.29, 0.717) is 12.2 Å². The molecule has 0 saturated heterocycles. The van der Waals surface area contributed by atoms with Crippen molar-refractivity contribution in [1.82, 2.24) is 9.99 Å². The Kier molecular flexibility index (Phi) is 6.24. The molecule has 1 amide bonds. The van der Waals surface area contributed by atoms with Crippen LogP contribution in [0, 0.1) is 6.92 Å². The van der Waals surface area contributed by atoms with Gasteiger partial charge in [0.05, 0.1) is 17.5 Å². The largest absolute Gasteiger partial charge is 0.489 e. The van der Waals surface area contributed by atoms with E-state index in [9.17, 15) is 4.79 Å². The second-order valence-electron chi connectivity index (χ2n) is 7.15. The highest BCUT2D eigenvalue weighted by Gasteiger charge is 2.10. The van der Waals surface area contributed by atoms with Crippen LogP contribution in [-0.4, -0.2) is 16.7 Å². The molecule has 0 fully saturated rings. The van der Waals surface area contributed by atoms with Crippen molar-refractivity contribution in [2.24, 2.45) is 5.10 Å². The summed E-state index contributed by atoms with van der Waals surface area (Å²) in [6.45, 7) is 2.58. The highest BCUT2D eigenvalue weighted by Crippen LogP contribution is 2.15. The summed E-state index contributed by atoms with van der Waals surface area (Å²) in [7, 11) is 0. The van der Waals surface area contributed by atoms with E-state index in [1.54, 1.807) is 12.3 Å². The normalized spacial score (nSPS) is 10.9. The standard InChI is InChI=1S/C26H23N3O2/c1-20-8-10-22(11-9-20)19-31-23-14-12-21(13-15-23)18-27-28-26(30)24-6-2-3-7-25(24)29-16-4-5-17-29/h2-18H,19H2,1H3,(H,28,30)/b27-18+. The van der Waals surface area contributed by atoms with Crippen molar-refractivity contribution in [2.75, 3.05) is 0 Å². The predicted octanol–water partition coefficient (Wildman–Crippen LogP) is 5.13. The first kappa shape index (κ1) is 20.2. The molecule has 0 aliphatic rings. The molecule has 0 aliphatic carbocycles. The number of carbonyl (C=O) groups excluding carboxylic acids is 1. The molecule has 154 valence electrons. The number of aryl methyl sites for hydroxylation is 1. The van der Waals surface area contributed by atoms with Crippen molar-refractivity contribution in [3.8, 4) is 11.4 Å². The Morgan fingerprint density at radius 3 is 2.39 bits per heavy atom. The summed E-state index contributed by atoms with van der Waals surface area (Å²) in [5.74, 6) is 0.515. The van der Waals surface area contributed by atoms with Gasteiger partial charge in [0, 0.05) is 12.4 Å². The number of benzene rings is 3. The first-order chi connectivity index (χ1) is 15.2. The molecular formula is C26H23N3O2. The third-order valence-electron chi connectivity index (χ3n) is 4.82. The molecule has 0 aliphatic heterocycles. The quantitative estimate of drug-likeness (QED) is 0.340. The average molecular weight is 409 g/mol. The van der Waals surface area contributed by atoms with Crippen LogP contribution < -0.4 is 10.2 Å². The monoisotopic (exact) mass is 409 g/mol. The van der Waals surface area contributed by atoms with E-state index in [2.05, 4.69) is 41.7 Å². The Bertz CT molecular complexity index is 1160. The summed E-state index contributed by atoms with van der Waals surface area (Å²) in [5.41, 5.74) is 7.17. The Balaban J connectivity index is 1.34. The molecule has 4 aromatic rings. The van der Waals surface area contributed by atoms with Gasteiger partial charge in [0.1, 0.15) is 12.4 Å². The third kappa shape index (κ3) is 5.28. The lowest BCUT2D eigenvalue weighted by Crippen LogP contribution is -2.19. The molecule has 0 spiro atoms. The Hall–Kier alpha value is -4.12. The summed E-state index contributed by atoms with van der Waals surface area (Å²) >= 11 is 0. The van der Waals surface area contributed by atoms with Gasteiger partial charge in [-0.2, -0.15) is 5.10 Å². The van der Waals surface area contributed by atoms with Gasteiger partial charge in [-0.15, -0.1) is 0 Å². The summed E-state index contributed by atoms with van der Waals surface area (Å²) < 4.78 is 7.72. The van der Waals surface area contributed by atoms with Crippen LogP contribution >= 0.6 is 0 Å². The van der Waals surface area contributed by atoms with E-state index in [0.717, 1.165) is 22.6 Å². The third-order valence-corrected chi connectivity index (χ3v) is 4.82. The van der Waals surface area contributed by atoms with E-state index in [1.807, 2.05) is 71.6 Å². The number of rotatable bonds is 7. The molecule has 0 saturated carbocycles. The average Bonchev–Trinajstić information content (AvgIpc) is 3.34. The lowest BCUT2D eigenvalue weighted by Gasteiger charge is -2.09. The molecule has 5 heteroatoms. The van der Waals surface area contributed by atoms with Crippen molar-refractivity contribution in [3.63, 3.8) is 0 Å². The minimum atomic E-state index is -0.265. The van der Waals surface area contributed by atoms with Gasteiger partial charge in [-0.25, -0.2) is 5.43 Å². The van der Waals surface area contributed by atoms with Crippen LogP contribution in [0.1, 0.15) is 27.0 Å². The molecule has 0 radical (unpaired) electrons. The zero-order valence-corrected chi connectivity index (χ0v) is 17.2. The minimum absolute atomic E-state index is 0.265. The lowest BCUT2D eigenvalue weighted by atomic mass is 10.1. The number of nitrogens with zero attached hydrogens (tertiary/aromatic N) is 2. The molecule has 4 rings (SSSR count). The van der Waals surface area contributed by atoms with E-state index in [4.69, 9.17) is 4.74 Å². The van der Waals surface area contributed by atoms with E-state index in [-0.39, 0.29) is 5.91 Å². The molecular weight excluding hydrogens is 386 g/mol. The van der Waals surface area contributed by atoms with E-state index < -0.39 is 0 Å². The second kappa shape index (κ2) is 9.59. The van der Waals surface area contributed by atoms with Gasteiger partial charge in [-0.1, -0.05) is 42.0 Å². The summed E-state index contributed by atoms with van der Waals surface area (Å²) in [6.07, 6.45) is 5.41. The molecule has 0 bridgehead atoms. The molecule has 1 aromatic heterocycles. The van der Waals surface area contributed by atoms with Crippen molar-refractivity contribution in [2.45, 2.75) is 13.5 Å². The predicted molar refractivity (Wildman–Crippen MR) is 123 cm³/mol. The topological polar surface area (TPSA) is 55.6 Å². The zero-order chi connectivity index (χ0) is 21.5. The highest BCUT2D eigenvalue weighted by molar-refractivity contribution is 5.98. The van der Waals surface area contributed by atoms with Crippen molar-refractivity contribution < 1.29 is 9.53 Å². The fraction of sp³-hybridized carbons (Fsp3) is 0.0769. The SMILES string of the molecule is Cc1ccc(COc2ccc(/C=N/NC(=O)c3ccccc3-n3cccc3)cc2)cc1. The number of hydrogen-bond acceptors (Lipinski definition) is 3. The van der Waals surface area contributed by atoms with Gasteiger partial charge in [-0.05, 0) is 66.6 Å². The number of hydrazone groups is 1. The Morgan fingerprint density at radius 2 is 1.65 bits per heavy atom. The van der Waals surface area contributed by atoms with Gasteiger partial charge in [-0.3, -0.25) is 4.79 Å². The van der Waals surface area contributed by atoms with Gasteiger partial charge in [0.25, 0.3) is 5.91 Å². The molecule has 1 heterocycles. The zero-order valence-electron chi connectivity index (χ0n) is 17.2. The smallest absolute Gasteiger partial charge is 0.273 e. The fourth-order valence-corrected chi connectivity index (χ4v) is 3.11. The Morgan fingerprint density at radius 1 is 0.935 bits per heavy atom. The van der Waals surface area contributed by atoms with Gasteiger partial charge in [0.2, 0.25) is 0 Å². The maximum absolute atomic E-state index is 12.6. The number of hydrogen-bond donors (Lipinski definition) is 1. The Labute approximate surface area is 181 Å². The van der Waals surface area contributed by atoms with Crippen LogP contribution in [-0.2, 0) is 6.61 Å².